The average molecular weight is 315 g/mol. The molecule has 0 aliphatic rings. The van der Waals surface area contributed by atoms with E-state index < -0.39 is 0 Å². The zero-order valence-electron chi connectivity index (χ0n) is 5.51. The number of rotatable bonds is 0. The number of benzene rings is 1. The predicted molar refractivity (Wildman–Crippen MR) is 55.0 cm³/mol. The van der Waals surface area contributed by atoms with Crippen LogP contribution in [0.1, 0.15) is 0 Å². The Kier molecular flexibility index (Phi) is 6.36. The minimum absolute atomic E-state index is 1.00. The molecule has 10 heavy (non-hydrogen) atoms. The van der Waals surface area contributed by atoms with Crippen molar-refractivity contribution in [2.24, 2.45) is 0 Å². The normalized spacial score (nSPS) is 8.00. The first kappa shape index (κ1) is 10.4. The Labute approximate surface area is 82.7 Å². The molecule has 0 fully saturated rings. The van der Waals surface area contributed by atoms with Crippen molar-refractivity contribution in [3.05, 3.63) is 32.3 Å². The lowest BCUT2D eigenvalue weighted by Gasteiger charge is -1.87. The largest absolute Gasteiger partial charge is 0.400 e. The second-order valence-corrected chi connectivity index (χ2v) is 3.60. The third kappa shape index (κ3) is 4.24. The summed E-state index contributed by atoms with van der Waals surface area (Å²) in [6.45, 7) is 0. The van der Waals surface area contributed by atoms with Gasteiger partial charge in [0.2, 0.25) is 0 Å². The highest BCUT2D eigenvalue weighted by molar-refractivity contribution is 14.1. The van der Waals surface area contributed by atoms with Gasteiger partial charge in [-0.3, -0.25) is 0 Å². The standard InChI is InChI=1S/C6H4BrI.CH4O/c7-5-2-1-3-6(8)4-5;1-2/h1-4H;2H,1H3. The van der Waals surface area contributed by atoms with Gasteiger partial charge in [0.1, 0.15) is 0 Å². The highest BCUT2D eigenvalue weighted by atomic mass is 127. The van der Waals surface area contributed by atoms with Crippen molar-refractivity contribution in [3.8, 4) is 0 Å². The van der Waals surface area contributed by atoms with Gasteiger partial charge in [-0.05, 0) is 40.8 Å². The van der Waals surface area contributed by atoms with Gasteiger partial charge in [-0.1, -0.05) is 22.0 Å². The summed E-state index contributed by atoms with van der Waals surface area (Å²) in [5.41, 5.74) is 0. The van der Waals surface area contributed by atoms with Crippen LogP contribution in [-0.4, -0.2) is 12.2 Å². The first-order valence-electron chi connectivity index (χ1n) is 2.65. The highest BCUT2D eigenvalue weighted by Crippen LogP contribution is 2.12. The van der Waals surface area contributed by atoms with Crippen LogP contribution in [0, 0.1) is 3.57 Å². The monoisotopic (exact) mass is 314 g/mol. The molecule has 1 aromatic rings. The molecule has 1 nitrogen and oxygen atoms in total. The maximum Gasteiger partial charge on any atom is 0.0319 e. The Balaban J connectivity index is 0.000000371. The van der Waals surface area contributed by atoms with Crippen LogP contribution in [-0.2, 0) is 0 Å². The summed E-state index contributed by atoms with van der Waals surface area (Å²) in [6.07, 6.45) is 0. The summed E-state index contributed by atoms with van der Waals surface area (Å²) in [6, 6.07) is 8.17. The number of aliphatic hydroxyl groups excluding tert-OH is 1. The van der Waals surface area contributed by atoms with E-state index in [2.05, 4.69) is 50.7 Å². The van der Waals surface area contributed by atoms with Crippen LogP contribution < -0.4 is 0 Å². The van der Waals surface area contributed by atoms with Gasteiger partial charge in [0, 0.05) is 15.2 Å². The summed E-state index contributed by atoms with van der Waals surface area (Å²) in [4.78, 5) is 0. The lowest BCUT2D eigenvalue weighted by Crippen LogP contribution is -1.66. The van der Waals surface area contributed by atoms with E-state index in [0.717, 1.165) is 11.6 Å². The van der Waals surface area contributed by atoms with E-state index in [0.29, 0.717) is 0 Å². The molecule has 0 amide bonds. The van der Waals surface area contributed by atoms with E-state index in [-0.39, 0.29) is 0 Å². The second kappa shape index (κ2) is 6.12. The Hall–Kier alpha value is 0.390. The topological polar surface area (TPSA) is 20.2 Å². The zero-order chi connectivity index (χ0) is 7.98. The predicted octanol–water partition coefficient (Wildman–Crippen LogP) is 2.66. The van der Waals surface area contributed by atoms with Gasteiger partial charge in [0.05, 0.1) is 0 Å². The van der Waals surface area contributed by atoms with Crippen molar-refractivity contribution < 1.29 is 5.11 Å². The van der Waals surface area contributed by atoms with Crippen molar-refractivity contribution in [1.82, 2.24) is 0 Å². The van der Waals surface area contributed by atoms with Crippen LogP contribution in [0.4, 0.5) is 0 Å². The number of hydrogen-bond acceptors (Lipinski definition) is 1. The molecule has 0 aliphatic heterocycles. The molecule has 0 heterocycles. The van der Waals surface area contributed by atoms with Crippen molar-refractivity contribution in [1.29, 1.82) is 0 Å². The second-order valence-electron chi connectivity index (χ2n) is 1.44. The average Bonchev–Trinajstić information content (AvgIpc) is 1.91. The Morgan fingerprint density at radius 2 is 2.00 bits per heavy atom. The minimum Gasteiger partial charge on any atom is -0.400 e. The Morgan fingerprint density at radius 3 is 2.30 bits per heavy atom. The maximum absolute atomic E-state index is 7.00. The van der Waals surface area contributed by atoms with Crippen LogP contribution in [0.2, 0.25) is 0 Å². The molecule has 1 rings (SSSR count). The molecule has 0 atom stereocenters. The Bertz CT molecular complexity index is 173. The number of hydrogen-bond donors (Lipinski definition) is 1. The van der Waals surface area contributed by atoms with Crippen molar-refractivity contribution in [3.63, 3.8) is 0 Å². The summed E-state index contributed by atoms with van der Waals surface area (Å²) >= 11 is 5.63. The van der Waals surface area contributed by atoms with Crippen LogP contribution in [0.15, 0.2) is 28.7 Å². The van der Waals surface area contributed by atoms with E-state index in [4.69, 9.17) is 5.11 Å². The SMILES string of the molecule is Brc1cccc(I)c1.CO. The molecule has 0 saturated heterocycles. The Morgan fingerprint density at radius 1 is 1.40 bits per heavy atom. The summed E-state index contributed by atoms with van der Waals surface area (Å²) in [7, 11) is 1.00. The third-order valence-electron chi connectivity index (χ3n) is 0.787. The van der Waals surface area contributed by atoms with Crippen molar-refractivity contribution in [2.75, 3.05) is 7.11 Å². The lowest BCUT2D eigenvalue weighted by molar-refractivity contribution is 0.399. The quantitative estimate of drug-likeness (QED) is 0.730. The van der Waals surface area contributed by atoms with E-state index in [1.165, 1.54) is 3.57 Å². The van der Waals surface area contributed by atoms with E-state index in [1.54, 1.807) is 0 Å². The van der Waals surface area contributed by atoms with Crippen molar-refractivity contribution in [2.45, 2.75) is 0 Å². The molecule has 56 valence electrons. The van der Waals surface area contributed by atoms with E-state index in [9.17, 15) is 0 Å². The lowest BCUT2D eigenvalue weighted by atomic mass is 10.4. The van der Waals surface area contributed by atoms with Gasteiger partial charge in [0.15, 0.2) is 0 Å². The van der Waals surface area contributed by atoms with Gasteiger partial charge in [0.25, 0.3) is 0 Å². The fourth-order valence-electron chi connectivity index (χ4n) is 0.460. The fourth-order valence-corrected chi connectivity index (χ4v) is 1.83. The first-order valence-corrected chi connectivity index (χ1v) is 4.52. The maximum atomic E-state index is 7.00. The molecular formula is C7H8BrIO. The summed E-state index contributed by atoms with van der Waals surface area (Å²) < 4.78 is 2.40. The molecule has 0 saturated carbocycles. The van der Waals surface area contributed by atoms with Crippen LogP contribution in [0.25, 0.3) is 0 Å². The summed E-state index contributed by atoms with van der Waals surface area (Å²) in [5, 5.41) is 7.00. The highest BCUT2D eigenvalue weighted by Gasteiger charge is 1.84. The van der Waals surface area contributed by atoms with Crippen LogP contribution >= 0.6 is 38.5 Å². The molecule has 0 bridgehead atoms. The molecule has 1 aromatic carbocycles. The van der Waals surface area contributed by atoms with E-state index >= 15 is 0 Å². The minimum atomic E-state index is 1.00. The summed E-state index contributed by atoms with van der Waals surface area (Å²) in [5.74, 6) is 0. The number of halogens is 2. The molecular weight excluding hydrogens is 307 g/mol. The molecule has 0 unspecified atom stereocenters. The molecule has 0 spiro atoms. The molecule has 0 radical (unpaired) electrons. The zero-order valence-corrected chi connectivity index (χ0v) is 9.26. The molecule has 3 heteroatoms. The molecule has 0 aromatic heterocycles. The van der Waals surface area contributed by atoms with Gasteiger partial charge in [-0.25, -0.2) is 0 Å². The van der Waals surface area contributed by atoms with Gasteiger partial charge >= 0.3 is 0 Å². The van der Waals surface area contributed by atoms with E-state index in [1.807, 2.05) is 12.1 Å². The van der Waals surface area contributed by atoms with Gasteiger partial charge in [-0.15, -0.1) is 0 Å². The van der Waals surface area contributed by atoms with Crippen LogP contribution in [0.3, 0.4) is 0 Å². The van der Waals surface area contributed by atoms with Gasteiger partial charge in [-0.2, -0.15) is 0 Å². The van der Waals surface area contributed by atoms with Gasteiger partial charge < -0.3 is 5.11 Å². The third-order valence-corrected chi connectivity index (χ3v) is 1.95. The van der Waals surface area contributed by atoms with Crippen LogP contribution in [0.5, 0.6) is 0 Å². The van der Waals surface area contributed by atoms with Crippen molar-refractivity contribution >= 4 is 38.5 Å². The molecule has 0 aliphatic carbocycles. The molecule has 1 N–H and O–H groups in total. The smallest absolute Gasteiger partial charge is 0.0319 e. The fraction of sp³-hybridized carbons (Fsp3) is 0.143. The number of aliphatic hydroxyl groups is 1. The first-order chi connectivity index (χ1) is 4.79.